The van der Waals surface area contributed by atoms with E-state index in [2.05, 4.69) is 17.6 Å². The standard InChI is InChI=1S/C14H26N2O2S/c1-2-19-13-5-3-4-12(13)16-14(17)10-18-11-6-8-15-9-7-11/h11-13,15H,2-10H2,1H3,(H,16,17). The minimum Gasteiger partial charge on any atom is -0.368 e. The highest BCUT2D eigenvalue weighted by Gasteiger charge is 2.28. The molecule has 0 spiro atoms. The predicted octanol–water partition coefficient (Wildman–Crippen LogP) is 1.55. The Morgan fingerprint density at radius 3 is 2.84 bits per heavy atom. The summed E-state index contributed by atoms with van der Waals surface area (Å²) >= 11 is 1.97. The molecule has 110 valence electrons. The Bertz CT molecular complexity index is 283. The third-order valence-corrected chi connectivity index (χ3v) is 5.24. The fraction of sp³-hybridized carbons (Fsp3) is 0.929. The van der Waals surface area contributed by atoms with Crippen LogP contribution in [0.1, 0.15) is 39.0 Å². The first-order chi connectivity index (χ1) is 9.29. The zero-order chi connectivity index (χ0) is 13.5. The molecule has 5 heteroatoms. The number of hydrogen-bond donors (Lipinski definition) is 2. The molecule has 0 aromatic rings. The highest BCUT2D eigenvalue weighted by molar-refractivity contribution is 7.99. The maximum absolute atomic E-state index is 11.9. The van der Waals surface area contributed by atoms with Crippen LogP contribution in [0.4, 0.5) is 0 Å². The minimum absolute atomic E-state index is 0.0622. The van der Waals surface area contributed by atoms with E-state index in [-0.39, 0.29) is 18.6 Å². The van der Waals surface area contributed by atoms with Crippen LogP contribution in [0, 0.1) is 0 Å². The van der Waals surface area contributed by atoms with Crippen LogP contribution in [0.25, 0.3) is 0 Å². The number of carbonyl (C=O) groups excluding carboxylic acids is 1. The van der Waals surface area contributed by atoms with Gasteiger partial charge in [0.2, 0.25) is 5.91 Å². The van der Waals surface area contributed by atoms with E-state index in [0.29, 0.717) is 11.3 Å². The molecule has 1 heterocycles. The van der Waals surface area contributed by atoms with Crippen molar-refractivity contribution in [1.29, 1.82) is 0 Å². The van der Waals surface area contributed by atoms with Crippen LogP contribution in [-0.4, -0.2) is 48.8 Å². The Hall–Kier alpha value is -0.260. The van der Waals surface area contributed by atoms with E-state index in [1.807, 2.05) is 11.8 Å². The molecule has 1 saturated heterocycles. The van der Waals surface area contributed by atoms with Crippen molar-refractivity contribution in [2.24, 2.45) is 0 Å². The van der Waals surface area contributed by atoms with Crippen LogP contribution in [0.5, 0.6) is 0 Å². The molecule has 4 nitrogen and oxygen atoms in total. The lowest BCUT2D eigenvalue weighted by molar-refractivity contribution is -0.128. The summed E-state index contributed by atoms with van der Waals surface area (Å²) in [6.45, 7) is 4.42. The van der Waals surface area contributed by atoms with E-state index < -0.39 is 0 Å². The molecule has 1 saturated carbocycles. The molecular formula is C14H26N2O2S. The lowest BCUT2D eigenvalue weighted by atomic mass is 10.1. The molecule has 19 heavy (non-hydrogen) atoms. The predicted molar refractivity (Wildman–Crippen MR) is 79.5 cm³/mol. The van der Waals surface area contributed by atoms with Crippen LogP contribution in [-0.2, 0) is 9.53 Å². The summed E-state index contributed by atoms with van der Waals surface area (Å²) in [4.78, 5) is 11.9. The van der Waals surface area contributed by atoms with Gasteiger partial charge in [0.25, 0.3) is 0 Å². The van der Waals surface area contributed by atoms with Crippen LogP contribution >= 0.6 is 11.8 Å². The molecule has 0 bridgehead atoms. The largest absolute Gasteiger partial charge is 0.368 e. The Kier molecular flexibility index (Phi) is 6.47. The van der Waals surface area contributed by atoms with Crippen molar-refractivity contribution in [1.82, 2.24) is 10.6 Å². The highest BCUT2D eigenvalue weighted by Crippen LogP contribution is 2.29. The topological polar surface area (TPSA) is 50.4 Å². The molecule has 0 aromatic carbocycles. The van der Waals surface area contributed by atoms with Gasteiger partial charge in [-0.2, -0.15) is 11.8 Å². The van der Waals surface area contributed by atoms with Crippen molar-refractivity contribution in [3.63, 3.8) is 0 Å². The first-order valence-corrected chi connectivity index (χ1v) is 8.57. The second-order valence-corrected chi connectivity index (χ2v) is 6.88. The smallest absolute Gasteiger partial charge is 0.246 e. The molecule has 2 aliphatic rings. The third kappa shape index (κ3) is 4.97. The Balaban J connectivity index is 1.65. The SMILES string of the molecule is CCSC1CCCC1NC(=O)COC1CCNCC1. The van der Waals surface area contributed by atoms with Gasteiger partial charge in [-0.05, 0) is 44.5 Å². The van der Waals surface area contributed by atoms with E-state index in [1.54, 1.807) is 0 Å². The van der Waals surface area contributed by atoms with Gasteiger partial charge in [-0.15, -0.1) is 0 Å². The van der Waals surface area contributed by atoms with E-state index in [4.69, 9.17) is 4.74 Å². The number of amides is 1. The lowest BCUT2D eigenvalue weighted by Gasteiger charge is -2.24. The summed E-state index contributed by atoms with van der Waals surface area (Å²) in [7, 11) is 0. The first kappa shape index (κ1) is 15.1. The average molecular weight is 286 g/mol. The molecule has 2 atom stereocenters. The van der Waals surface area contributed by atoms with Crippen molar-refractivity contribution in [3.05, 3.63) is 0 Å². The molecular weight excluding hydrogens is 260 g/mol. The number of nitrogens with one attached hydrogen (secondary N) is 2. The maximum Gasteiger partial charge on any atom is 0.246 e. The van der Waals surface area contributed by atoms with Crippen LogP contribution in [0.15, 0.2) is 0 Å². The molecule has 0 aromatic heterocycles. The minimum atomic E-state index is 0.0622. The lowest BCUT2D eigenvalue weighted by Crippen LogP contribution is -2.42. The van der Waals surface area contributed by atoms with E-state index >= 15 is 0 Å². The number of piperidine rings is 1. The van der Waals surface area contributed by atoms with E-state index in [9.17, 15) is 4.79 Å². The Morgan fingerprint density at radius 1 is 1.32 bits per heavy atom. The van der Waals surface area contributed by atoms with Crippen molar-refractivity contribution < 1.29 is 9.53 Å². The summed E-state index contributed by atoms with van der Waals surface area (Å²) in [6, 6.07) is 0.356. The van der Waals surface area contributed by atoms with Gasteiger partial charge >= 0.3 is 0 Å². The van der Waals surface area contributed by atoms with Gasteiger partial charge in [-0.1, -0.05) is 13.3 Å². The zero-order valence-corrected chi connectivity index (χ0v) is 12.6. The van der Waals surface area contributed by atoms with Gasteiger partial charge in [0.1, 0.15) is 6.61 Å². The van der Waals surface area contributed by atoms with Crippen molar-refractivity contribution in [3.8, 4) is 0 Å². The van der Waals surface area contributed by atoms with Crippen LogP contribution in [0.3, 0.4) is 0 Å². The molecule has 2 fully saturated rings. The molecule has 1 aliphatic heterocycles. The summed E-state index contributed by atoms with van der Waals surface area (Å²) in [5.41, 5.74) is 0. The fourth-order valence-corrected chi connectivity index (χ4v) is 4.11. The molecule has 0 radical (unpaired) electrons. The Labute approximate surface area is 120 Å². The van der Waals surface area contributed by atoms with Gasteiger partial charge < -0.3 is 15.4 Å². The summed E-state index contributed by atoms with van der Waals surface area (Å²) in [6.07, 6.45) is 5.89. The third-order valence-electron chi connectivity index (χ3n) is 3.92. The normalized spacial score (nSPS) is 28.5. The van der Waals surface area contributed by atoms with Crippen molar-refractivity contribution >= 4 is 17.7 Å². The zero-order valence-electron chi connectivity index (χ0n) is 11.8. The molecule has 2 rings (SSSR count). The summed E-state index contributed by atoms with van der Waals surface area (Å²) < 4.78 is 5.69. The molecule has 1 aliphatic carbocycles. The first-order valence-electron chi connectivity index (χ1n) is 7.53. The van der Waals surface area contributed by atoms with Gasteiger partial charge in [0.05, 0.1) is 6.10 Å². The number of ether oxygens (including phenoxy) is 1. The monoisotopic (exact) mass is 286 g/mol. The molecule has 2 unspecified atom stereocenters. The molecule has 2 N–H and O–H groups in total. The number of carbonyl (C=O) groups is 1. The second-order valence-electron chi connectivity index (χ2n) is 5.36. The number of hydrogen-bond acceptors (Lipinski definition) is 4. The van der Waals surface area contributed by atoms with Gasteiger partial charge in [-0.3, -0.25) is 4.79 Å². The number of rotatable bonds is 6. The van der Waals surface area contributed by atoms with E-state index in [1.165, 1.54) is 12.8 Å². The fourth-order valence-electron chi connectivity index (χ4n) is 2.91. The second kappa shape index (κ2) is 8.12. The van der Waals surface area contributed by atoms with Crippen LogP contribution in [0.2, 0.25) is 0 Å². The molecule has 1 amide bonds. The van der Waals surface area contributed by atoms with Gasteiger partial charge in [0.15, 0.2) is 0 Å². The summed E-state index contributed by atoms with van der Waals surface area (Å²) in [5.74, 6) is 1.19. The maximum atomic E-state index is 11.9. The van der Waals surface area contributed by atoms with Crippen molar-refractivity contribution in [2.75, 3.05) is 25.4 Å². The van der Waals surface area contributed by atoms with Gasteiger partial charge in [0, 0.05) is 11.3 Å². The highest BCUT2D eigenvalue weighted by atomic mass is 32.2. The quantitative estimate of drug-likeness (QED) is 0.778. The van der Waals surface area contributed by atoms with E-state index in [0.717, 1.165) is 38.1 Å². The van der Waals surface area contributed by atoms with Gasteiger partial charge in [-0.25, -0.2) is 0 Å². The van der Waals surface area contributed by atoms with Crippen LogP contribution < -0.4 is 10.6 Å². The summed E-state index contributed by atoms with van der Waals surface area (Å²) in [5, 5.41) is 7.06. The van der Waals surface area contributed by atoms with Crippen molar-refractivity contribution in [2.45, 2.75) is 56.4 Å². The Morgan fingerprint density at radius 2 is 2.11 bits per heavy atom. The number of thioether (sulfide) groups is 1. The average Bonchev–Trinajstić information content (AvgIpc) is 2.85.